The molecular weight excluding hydrogens is 250 g/mol. The van der Waals surface area contributed by atoms with Crippen molar-refractivity contribution in [3.05, 3.63) is 17.0 Å². The molecule has 0 aliphatic carbocycles. The van der Waals surface area contributed by atoms with Gasteiger partial charge in [-0.3, -0.25) is 9.48 Å². The van der Waals surface area contributed by atoms with Crippen LogP contribution < -0.4 is 5.32 Å². The van der Waals surface area contributed by atoms with E-state index in [2.05, 4.69) is 17.3 Å². The fourth-order valence-electron chi connectivity index (χ4n) is 2.03. The summed E-state index contributed by atoms with van der Waals surface area (Å²) in [5, 5.41) is 7.23. The zero-order valence-electron chi connectivity index (χ0n) is 11.6. The van der Waals surface area contributed by atoms with E-state index in [0.29, 0.717) is 23.9 Å². The molecule has 0 spiro atoms. The molecule has 0 fully saturated rings. The van der Waals surface area contributed by atoms with Crippen molar-refractivity contribution in [1.82, 2.24) is 15.1 Å². The molecule has 0 saturated heterocycles. The van der Waals surface area contributed by atoms with E-state index in [9.17, 15) is 4.79 Å². The molecule has 1 unspecified atom stereocenters. The molecule has 18 heavy (non-hydrogen) atoms. The summed E-state index contributed by atoms with van der Waals surface area (Å²) in [4.78, 5) is 12.1. The number of carbonyl (C=O) groups excluding carboxylic acids is 1. The third-order valence-electron chi connectivity index (χ3n) is 3.38. The van der Waals surface area contributed by atoms with Gasteiger partial charge in [-0.2, -0.15) is 5.10 Å². The normalized spacial score (nSPS) is 12.5. The molecule has 102 valence electrons. The molecule has 0 aliphatic heterocycles. The number of rotatable bonds is 6. The number of nitrogens with zero attached hydrogens (tertiary/aromatic N) is 2. The van der Waals surface area contributed by atoms with Gasteiger partial charge >= 0.3 is 0 Å². The lowest BCUT2D eigenvalue weighted by molar-refractivity contribution is 0.0945. The quantitative estimate of drug-likeness (QED) is 0.808. The molecule has 0 bridgehead atoms. The summed E-state index contributed by atoms with van der Waals surface area (Å²) >= 11 is 5.74. The number of hydrogen-bond donors (Lipinski definition) is 1. The number of hydrogen-bond acceptors (Lipinski definition) is 2. The van der Waals surface area contributed by atoms with Gasteiger partial charge in [-0.1, -0.05) is 13.3 Å². The lowest BCUT2D eigenvalue weighted by atomic mass is 10.0. The van der Waals surface area contributed by atoms with E-state index < -0.39 is 0 Å². The highest BCUT2D eigenvalue weighted by Crippen LogP contribution is 2.13. The zero-order valence-corrected chi connectivity index (χ0v) is 12.3. The number of carbonyl (C=O) groups is 1. The minimum atomic E-state index is -0.0360. The largest absolute Gasteiger partial charge is 0.352 e. The van der Waals surface area contributed by atoms with Gasteiger partial charge in [-0.25, -0.2) is 0 Å². The predicted octanol–water partition coefficient (Wildman–Crippen LogP) is 2.42. The van der Waals surface area contributed by atoms with Crippen LogP contribution >= 0.6 is 11.6 Å². The van der Waals surface area contributed by atoms with E-state index in [1.807, 2.05) is 20.9 Å². The highest BCUT2D eigenvalue weighted by atomic mass is 35.5. The van der Waals surface area contributed by atoms with Crippen LogP contribution in [0.2, 0.25) is 0 Å². The first-order valence-corrected chi connectivity index (χ1v) is 6.89. The fraction of sp³-hybridized carbons (Fsp3) is 0.692. The van der Waals surface area contributed by atoms with Crippen molar-refractivity contribution in [3.63, 3.8) is 0 Å². The van der Waals surface area contributed by atoms with Gasteiger partial charge in [0, 0.05) is 25.2 Å². The second-order valence-corrected chi connectivity index (χ2v) is 5.01. The van der Waals surface area contributed by atoms with E-state index >= 15 is 0 Å². The van der Waals surface area contributed by atoms with E-state index in [-0.39, 0.29) is 5.91 Å². The maximum Gasteiger partial charge on any atom is 0.255 e. The van der Waals surface area contributed by atoms with Crippen LogP contribution in [0.4, 0.5) is 0 Å². The molecule has 0 saturated carbocycles. The van der Waals surface area contributed by atoms with Crippen molar-refractivity contribution in [2.75, 3.05) is 12.4 Å². The number of alkyl halides is 1. The highest BCUT2D eigenvalue weighted by Gasteiger charge is 2.17. The molecule has 5 heteroatoms. The molecule has 0 aromatic carbocycles. The Labute approximate surface area is 114 Å². The van der Waals surface area contributed by atoms with E-state index in [0.717, 1.165) is 24.2 Å². The Bertz CT molecular complexity index is 415. The second kappa shape index (κ2) is 6.78. The number of nitrogens with one attached hydrogen (secondary N) is 1. The van der Waals surface area contributed by atoms with Crippen molar-refractivity contribution < 1.29 is 4.79 Å². The summed E-state index contributed by atoms with van der Waals surface area (Å²) in [5.74, 6) is 1.05. The maximum atomic E-state index is 12.1. The molecule has 1 rings (SSSR count). The standard InChI is InChI=1S/C13H22ClN3O/c1-5-11(6-7-14)8-15-13(18)12-9(2)16-17(4)10(12)3/h11H,5-8H2,1-4H3,(H,15,18). The Hall–Kier alpha value is -1.03. The number of amides is 1. The van der Waals surface area contributed by atoms with Crippen LogP contribution in [0.1, 0.15) is 41.5 Å². The minimum absolute atomic E-state index is 0.0360. The van der Waals surface area contributed by atoms with Crippen LogP contribution in [0.25, 0.3) is 0 Å². The maximum absolute atomic E-state index is 12.1. The summed E-state index contributed by atoms with van der Waals surface area (Å²) in [5.41, 5.74) is 2.37. The monoisotopic (exact) mass is 271 g/mol. The SMILES string of the molecule is CCC(CCCl)CNC(=O)c1c(C)nn(C)c1C. The van der Waals surface area contributed by atoms with Crippen LogP contribution in [-0.2, 0) is 7.05 Å². The smallest absolute Gasteiger partial charge is 0.255 e. The van der Waals surface area contributed by atoms with Crippen molar-refractivity contribution in [2.45, 2.75) is 33.6 Å². The summed E-state index contributed by atoms with van der Waals surface area (Å²) in [6.45, 7) is 6.56. The summed E-state index contributed by atoms with van der Waals surface area (Å²) < 4.78 is 1.74. The highest BCUT2D eigenvalue weighted by molar-refractivity contribution is 6.17. The molecule has 4 nitrogen and oxygen atoms in total. The van der Waals surface area contributed by atoms with Gasteiger partial charge in [-0.15, -0.1) is 11.6 Å². The molecule has 1 atom stereocenters. The van der Waals surface area contributed by atoms with Crippen LogP contribution in [0.5, 0.6) is 0 Å². The number of aromatic nitrogens is 2. The van der Waals surface area contributed by atoms with Gasteiger partial charge in [0.05, 0.1) is 11.3 Å². The molecule has 1 heterocycles. The van der Waals surface area contributed by atoms with Crippen molar-refractivity contribution in [3.8, 4) is 0 Å². The molecule has 0 radical (unpaired) electrons. The van der Waals surface area contributed by atoms with Gasteiger partial charge in [0.2, 0.25) is 0 Å². The van der Waals surface area contributed by atoms with Crippen molar-refractivity contribution >= 4 is 17.5 Å². The topological polar surface area (TPSA) is 46.9 Å². The van der Waals surface area contributed by atoms with Crippen LogP contribution in [-0.4, -0.2) is 28.1 Å². The average Bonchev–Trinajstić information content (AvgIpc) is 2.58. The first-order valence-electron chi connectivity index (χ1n) is 6.35. The molecular formula is C13H22ClN3O. The summed E-state index contributed by atoms with van der Waals surface area (Å²) in [6.07, 6.45) is 1.96. The Balaban J connectivity index is 2.65. The Morgan fingerprint density at radius 3 is 2.61 bits per heavy atom. The Morgan fingerprint density at radius 1 is 1.50 bits per heavy atom. The van der Waals surface area contributed by atoms with Crippen LogP contribution in [0.3, 0.4) is 0 Å². The molecule has 1 aromatic heterocycles. The van der Waals surface area contributed by atoms with Crippen molar-refractivity contribution in [2.24, 2.45) is 13.0 Å². The van der Waals surface area contributed by atoms with E-state index in [4.69, 9.17) is 11.6 Å². The predicted molar refractivity (Wildman–Crippen MR) is 74.1 cm³/mol. The number of aryl methyl sites for hydroxylation is 2. The van der Waals surface area contributed by atoms with Crippen LogP contribution in [0.15, 0.2) is 0 Å². The molecule has 1 aromatic rings. The minimum Gasteiger partial charge on any atom is -0.352 e. The third-order valence-corrected chi connectivity index (χ3v) is 3.60. The number of halogens is 1. The van der Waals surface area contributed by atoms with E-state index in [1.165, 1.54) is 0 Å². The van der Waals surface area contributed by atoms with Gasteiger partial charge in [0.25, 0.3) is 5.91 Å². The van der Waals surface area contributed by atoms with Gasteiger partial charge in [-0.05, 0) is 26.2 Å². The van der Waals surface area contributed by atoms with E-state index in [1.54, 1.807) is 4.68 Å². The first kappa shape index (κ1) is 15.0. The first-order chi connectivity index (χ1) is 8.51. The molecule has 1 amide bonds. The zero-order chi connectivity index (χ0) is 13.7. The Kier molecular flexibility index (Phi) is 5.66. The lowest BCUT2D eigenvalue weighted by Gasteiger charge is -2.14. The molecule has 0 aliphatic rings. The molecule has 1 N–H and O–H groups in total. The Morgan fingerprint density at radius 2 is 2.17 bits per heavy atom. The second-order valence-electron chi connectivity index (χ2n) is 4.63. The average molecular weight is 272 g/mol. The summed E-state index contributed by atoms with van der Waals surface area (Å²) in [7, 11) is 1.85. The van der Waals surface area contributed by atoms with Gasteiger partial charge in [0.1, 0.15) is 0 Å². The van der Waals surface area contributed by atoms with Gasteiger partial charge in [0.15, 0.2) is 0 Å². The summed E-state index contributed by atoms with van der Waals surface area (Å²) in [6, 6.07) is 0. The lowest BCUT2D eigenvalue weighted by Crippen LogP contribution is -2.30. The fourth-order valence-corrected chi connectivity index (χ4v) is 2.34. The van der Waals surface area contributed by atoms with Crippen LogP contribution in [0, 0.1) is 19.8 Å². The van der Waals surface area contributed by atoms with Gasteiger partial charge < -0.3 is 5.32 Å². The third kappa shape index (κ3) is 3.48. The van der Waals surface area contributed by atoms with Crippen molar-refractivity contribution in [1.29, 1.82) is 0 Å².